The molecular weight excluding hydrogens is 426 g/mol. The number of hydrogen-bond acceptors (Lipinski definition) is 6. The van der Waals surface area contributed by atoms with Gasteiger partial charge in [-0.15, -0.1) is 0 Å². The predicted octanol–water partition coefficient (Wildman–Crippen LogP) is 3.82. The van der Waals surface area contributed by atoms with Crippen LogP contribution in [0.1, 0.15) is 48.5 Å². The van der Waals surface area contributed by atoms with Crippen molar-refractivity contribution in [2.75, 3.05) is 0 Å². The van der Waals surface area contributed by atoms with E-state index >= 15 is 0 Å². The fraction of sp³-hybridized carbons (Fsp3) is 0.250. The lowest BCUT2D eigenvalue weighted by Crippen LogP contribution is -2.49. The highest BCUT2D eigenvalue weighted by molar-refractivity contribution is 6.30. The molecule has 1 aromatic heterocycles. The van der Waals surface area contributed by atoms with Gasteiger partial charge in [-0.3, -0.25) is 20.0 Å². The topological polar surface area (TPSA) is 112 Å². The summed E-state index contributed by atoms with van der Waals surface area (Å²) in [6.07, 6.45) is 3.83. The van der Waals surface area contributed by atoms with E-state index in [9.17, 15) is 14.9 Å². The van der Waals surface area contributed by atoms with Gasteiger partial charge in [-0.05, 0) is 41.7 Å². The van der Waals surface area contributed by atoms with Crippen LogP contribution in [0.15, 0.2) is 71.5 Å². The van der Waals surface area contributed by atoms with Gasteiger partial charge < -0.3 is 5.73 Å². The van der Waals surface area contributed by atoms with Crippen molar-refractivity contribution in [1.82, 2.24) is 15.4 Å². The second kappa shape index (κ2) is 8.13. The van der Waals surface area contributed by atoms with Gasteiger partial charge in [-0.1, -0.05) is 37.6 Å². The lowest BCUT2D eigenvalue weighted by Gasteiger charge is -2.43. The number of rotatable bonds is 3. The molecule has 0 saturated carbocycles. The quantitative estimate of drug-likeness (QED) is 0.739. The number of benzene rings is 1. The Morgan fingerprint density at radius 1 is 1.31 bits per heavy atom. The summed E-state index contributed by atoms with van der Waals surface area (Å²) in [6.45, 7) is 3.98. The van der Waals surface area contributed by atoms with Crippen molar-refractivity contribution in [1.29, 1.82) is 5.26 Å². The summed E-state index contributed by atoms with van der Waals surface area (Å²) < 4.78 is 0. The van der Waals surface area contributed by atoms with Crippen LogP contribution in [0.25, 0.3) is 0 Å². The van der Waals surface area contributed by atoms with Crippen LogP contribution in [-0.2, 0) is 4.79 Å². The number of carbonyl (C=O) groups is 2. The number of aromatic nitrogens is 1. The number of nitrogens with two attached hydrogens (primary N) is 1. The maximum Gasteiger partial charge on any atom is 0.271 e. The summed E-state index contributed by atoms with van der Waals surface area (Å²) in [5.41, 5.74) is 11.2. The number of nitrogens with one attached hydrogen (secondary N) is 1. The number of nitriles is 1. The Hall–Kier alpha value is -3.63. The van der Waals surface area contributed by atoms with Crippen molar-refractivity contribution >= 4 is 23.3 Å². The largest absolute Gasteiger partial charge is 0.383 e. The zero-order valence-corrected chi connectivity index (χ0v) is 18.5. The van der Waals surface area contributed by atoms with E-state index < -0.39 is 11.8 Å². The van der Waals surface area contributed by atoms with Gasteiger partial charge in [-0.25, -0.2) is 5.01 Å². The summed E-state index contributed by atoms with van der Waals surface area (Å²) >= 11 is 6.21. The maximum absolute atomic E-state index is 13.4. The first-order valence-electron chi connectivity index (χ1n) is 10.1. The molecule has 2 heterocycles. The van der Waals surface area contributed by atoms with Crippen LogP contribution in [0.4, 0.5) is 0 Å². The minimum absolute atomic E-state index is 0.0814. The molecule has 1 aliphatic carbocycles. The molecule has 1 aromatic carbocycles. The molecule has 4 rings (SSSR count). The van der Waals surface area contributed by atoms with E-state index in [1.165, 1.54) is 11.2 Å². The minimum atomic E-state index is -0.649. The summed E-state index contributed by atoms with van der Waals surface area (Å²) in [7, 11) is 0. The van der Waals surface area contributed by atoms with E-state index in [0.29, 0.717) is 40.3 Å². The Kier molecular flexibility index (Phi) is 5.49. The third-order valence-electron chi connectivity index (χ3n) is 5.70. The average Bonchev–Trinajstić information content (AvgIpc) is 2.75. The number of allylic oxidation sites excluding steroid dienone is 3. The average molecular weight is 448 g/mol. The Bertz CT molecular complexity index is 1210. The Morgan fingerprint density at radius 2 is 2.09 bits per heavy atom. The molecule has 0 fully saturated rings. The Balaban J connectivity index is 1.87. The second-order valence-corrected chi connectivity index (χ2v) is 9.15. The van der Waals surface area contributed by atoms with Crippen LogP contribution in [0.5, 0.6) is 0 Å². The smallest absolute Gasteiger partial charge is 0.271 e. The van der Waals surface area contributed by atoms with Gasteiger partial charge in [0, 0.05) is 29.4 Å². The monoisotopic (exact) mass is 447 g/mol. The molecule has 8 heteroatoms. The molecule has 2 aliphatic rings. The van der Waals surface area contributed by atoms with Crippen molar-refractivity contribution in [2.45, 2.75) is 32.6 Å². The predicted molar refractivity (Wildman–Crippen MR) is 120 cm³/mol. The minimum Gasteiger partial charge on any atom is -0.383 e. The fourth-order valence-electron chi connectivity index (χ4n) is 4.32. The zero-order chi connectivity index (χ0) is 23.0. The van der Waals surface area contributed by atoms with Crippen molar-refractivity contribution < 1.29 is 9.59 Å². The van der Waals surface area contributed by atoms with E-state index in [-0.39, 0.29) is 22.6 Å². The molecule has 162 valence electrons. The molecule has 3 N–H and O–H groups in total. The SMILES string of the molecule is CC1(C)CC(=O)C2=C(C1)N(NC(=O)c1cccnc1)C(N)=C(C#N)C2c1cccc(Cl)c1. The molecule has 32 heavy (non-hydrogen) atoms. The van der Waals surface area contributed by atoms with Crippen LogP contribution >= 0.6 is 11.6 Å². The maximum atomic E-state index is 13.4. The number of halogens is 1. The second-order valence-electron chi connectivity index (χ2n) is 8.72. The fourth-order valence-corrected chi connectivity index (χ4v) is 4.52. The molecule has 0 bridgehead atoms. The molecule has 2 aromatic rings. The summed E-state index contributed by atoms with van der Waals surface area (Å²) in [4.78, 5) is 30.2. The van der Waals surface area contributed by atoms with Crippen LogP contribution < -0.4 is 11.2 Å². The van der Waals surface area contributed by atoms with Gasteiger partial charge in [0.15, 0.2) is 5.78 Å². The Morgan fingerprint density at radius 3 is 2.75 bits per heavy atom. The number of ketones is 1. The summed E-state index contributed by atoms with van der Waals surface area (Å²) in [5.74, 6) is -1.09. The number of hydrazine groups is 1. The molecule has 1 atom stereocenters. The van der Waals surface area contributed by atoms with Crippen LogP contribution in [0.2, 0.25) is 5.02 Å². The number of amides is 1. The molecule has 1 unspecified atom stereocenters. The van der Waals surface area contributed by atoms with E-state index in [4.69, 9.17) is 17.3 Å². The third kappa shape index (κ3) is 3.85. The third-order valence-corrected chi connectivity index (χ3v) is 5.94. The molecule has 1 amide bonds. The lowest BCUT2D eigenvalue weighted by atomic mass is 9.69. The van der Waals surface area contributed by atoms with Gasteiger partial charge >= 0.3 is 0 Å². The molecule has 0 radical (unpaired) electrons. The van der Waals surface area contributed by atoms with Crippen molar-refractivity contribution in [3.8, 4) is 6.07 Å². The van der Waals surface area contributed by atoms with Crippen molar-refractivity contribution in [2.24, 2.45) is 11.1 Å². The number of carbonyl (C=O) groups excluding carboxylic acids is 2. The van der Waals surface area contributed by atoms with Crippen molar-refractivity contribution in [3.63, 3.8) is 0 Å². The van der Waals surface area contributed by atoms with Gasteiger partial charge in [-0.2, -0.15) is 5.26 Å². The summed E-state index contributed by atoms with van der Waals surface area (Å²) in [5, 5.41) is 11.9. The molecule has 0 saturated heterocycles. The molecule has 0 spiro atoms. The number of nitrogens with zero attached hydrogens (tertiary/aromatic N) is 3. The van der Waals surface area contributed by atoms with Gasteiger partial charge in [0.25, 0.3) is 5.91 Å². The van der Waals surface area contributed by atoms with Crippen molar-refractivity contribution in [3.05, 3.63) is 87.6 Å². The highest BCUT2D eigenvalue weighted by atomic mass is 35.5. The number of Topliss-reactive ketones (excluding diaryl/α,β-unsaturated/α-hetero) is 1. The van der Waals surface area contributed by atoms with E-state index in [0.717, 1.165) is 0 Å². The van der Waals surface area contributed by atoms with Crippen LogP contribution in [0.3, 0.4) is 0 Å². The van der Waals surface area contributed by atoms with E-state index in [1.807, 2.05) is 19.9 Å². The van der Waals surface area contributed by atoms with Crippen LogP contribution in [0, 0.1) is 16.7 Å². The number of pyridine rings is 1. The zero-order valence-electron chi connectivity index (χ0n) is 17.7. The number of hydrogen-bond donors (Lipinski definition) is 2. The first kappa shape index (κ1) is 21.6. The van der Waals surface area contributed by atoms with Gasteiger partial charge in [0.05, 0.1) is 28.8 Å². The summed E-state index contributed by atoms with van der Waals surface area (Å²) in [6, 6.07) is 12.5. The van der Waals surface area contributed by atoms with E-state index in [1.54, 1.807) is 36.5 Å². The first-order valence-corrected chi connectivity index (χ1v) is 10.5. The molecular formula is C24H22ClN5O2. The lowest BCUT2D eigenvalue weighted by molar-refractivity contribution is -0.118. The highest BCUT2D eigenvalue weighted by Crippen LogP contribution is 2.48. The molecule has 1 aliphatic heterocycles. The molecule has 7 nitrogen and oxygen atoms in total. The van der Waals surface area contributed by atoms with E-state index in [2.05, 4.69) is 16.5 Å². The normalized spacial score (nSPS) is 20.0. The van der Waals surface area contributed by atoms with Crippen LogP contribution in [-0.4, -0.2) is 21.7 Å². The van der Waals surface area contributed by atoms with Gasteiger partial charge in [0.2, 0.25) is 0 Å². The first-order chi connectivity index (χ1) is 15.2. The highest BCUT2D eigenvalue weighted by Gasteiger charge is 2.44. The Labute approximate surface area is 191 Å². The standard InChI is InChI=1S/C24H22ClN5O2/c1-24(2)10-18-21(19(31)11-24)20(14-5-3-7-16(25)9-14)17(12-26)22(27)30(18)29-23(32)15-6-4-8-28-13-15/h3-9,13,20H,10-11,27H2,1-2H3,(H,29,32). The van der Waals surface area contributed by atoms with Gasteiger partial charge in [0.1, 0.15) is 5.82 Å².